The Morgan fingerprint density at radius 1 is 1.14 bits per heavy atom. The third kappa shape index (κ3) is 2.45. The van der Waals surface area contributed by atoms with E-state index in [0.29, 0.717) is 15.6 Å². The number of benzene rings is 2. The third-order valence-electron chi connectivity index (χ3n) is 3.47. The lowest BCUT2D eigenvalue weighted by atomic mass is 10.1. The Bertz CT molecular complexity index is 889. The zero-order chi connectivity index (χ0) is 15.9. The molecule has 0 fully saturated rings. The maximum atomic E-state index is 14.2. The summed E-state index contributed by atoms with van der Waals surface area (Å²) in [7, 11) is 0. The van der Waals surface area contributed by atoms with E-state index in [1.54, 1.807) is 35.0 Å². The molecule has 6 heteroatoms. The lowest BCUT2D eigenvalue weighted by molar-refractivity contribution is 0.0691. The molecule has 0 unspecified atom stereocenters. The number of nitrogens with zero attached hydrogens (tertiary/aromatic N) is 1. The quantitative estimate of drug-likeness (QED) is 0.743. The van der Waals surface area contributed by atoms with Gasteiger partial charge in [0.1, 0.15) is 5.82 Å². The summed E-state index contributed by atoms with van der Waals surface area (Å²) in [6.45, 7) is 0.163. The molecule has 1 aromatic heterocycles. The van der Waals surface area contributed by atoms with E-state index in [4.69, 9.17) is 28.3 Å². The van der Waals surface area contributed by atoms with Crippen molar-refractivity contribution in [3.63, 3.8) is 0 Å². The molecule has 2 aromatic carbocycles. The molecule has 112 valence electrons. The van der Waals surface area contributed by atoms with Gasteiger partial charge in [-0.3, -0.25) is 0 Å². The normalized spacial score (nSPS) is 11.0. The average Bonchev–Trinajstić information content (AvgIpc) is 2.90. The van der Waals surface area contributed by atoms with Gasteiger partial charge in [0.15, 0.2) is 0 Å². The second kappa shape index (κ2) is 5.63. The largest absolute Gasteiger partial charge is 0.478 e. The van der Waals surface area contributed by atoms with Crippen molar-refractivity contribution in [2.75, 3.05) is 0 Å². The zero-order valence-electron chi connectivity index (χ0n) is 11.2. The monoisotopic (exact) mass is 337 g/mol. The summed E-state index contributed by atoms with van der Waals surface area (Å²) in [6.07, 6.45) is 1.75. The maximum Gasteiger partial charge on any atom is 0.338 e. The SMILES string of the molecule is O=C(O)c1cccc(Cn2ccc3c(Cl)ccc(Cl)c32)c1F. The van der Waals surface area contributed by atoms with Crippen LogP contribution in [-0.4, -0.2) is 15.6 Å². The number of carboxylic acids is 1. The molecule has 0 aliphatic carbocycles. The predicted octanol–water partition coefficient (Wildman–Crippen LogP) is 4.83. The Morgan fingerprint density at radius 2 is 1.86 bits per heavy atom. The van der Waals surface area contributed by atoms with Gasteiger partial charge in [-0.05, 0) is 24.3 Å². The molecule has 3 nitrogen and oxygen atoms in total. The van der Waals surface area contributed by atoms with Gasteiger partial charge in [0.05, 0.1) is 27.7 Å². The molecule has 0 spiro atoms. The van der Waals surface area contributed by atoms with Gasteiger partial charge in [0, 0.05) is 17.1 Å². The minimum Gasteiger partial charge on any atom is -0.478 e. The molecule has 1 heterocycles. The molecule has 0 atom stereocenters. The van der Waals surface area contributed by atoms with E-state index in [0.717, 1.165) is 5.39 Å². The Kier molecular flexibility index (Phi) is 3.81. The minimum atomic E-state index is -1.29. The van der Waals surface area contributed by atoms with Crippen LogP contribution in [0.25, 0.3) is 10.9 Å². The average molecular weight is 338 g/mol. The highest BCUT2D eigenvalue weighted by atomic mass is 35.5. The Labute approximate surface area is 135 Å². The molecule has 0 saturated heterocycles. The van der Waals surface area contributed by atoms with Crippen molar-refractivity contribution in [1.82, 2.24) is 4.57 Å². The van der Waals surface area contributed by atoms with E-state index in [1.807, 2.05) is 0 Å². The Balaban J connectivity index is 2.10. The first kappa shape index (κ1) is 14.9. The van der Waals surface area contributed by atoms with Crippen molar-refractivity contribution in [1.29, 1.82) is 0 Å². The molecule has 0 radical (unpaired) electrons. The highest BCUT2D eigenvalue weighted by molar-refractivity contribution is 6.40. The standard InChI is InChI=1S/C16H10Cl2FNO2/c17-12-4-5-13(18)15-10(12)6-7-20(15)8-9-2-1-3-11(14(9)19)16(21)22/h1-7H,8H2,(H,21,22). The molecule has 1 N–H and O–H groups in total. The smallest absolute Gasteiger partial charge is 0.338 e. The summed E-state index contributed by atoms with van der Waals surface area (Å²) in [5.41, 5.74) is 0.612. The summed E-state index contributed by atoms with van der Waals surface area (Å²) >= 11 is 12.3. The summed E-state index contributed by atoms with van der Waals surface area (Å²) in [4.78, 5) is 11.0. The summed E-state index contributed by atoms with van der Waals surface area (Å²) in [6, 6.07) is 9.46. The van der Waals surface area contributed by atoms with Crippen molar-refractivity contribution in [3.8, 4) is 0 Å². The molecule has 3 aromatic rings. The van der Waals surface area contributed by atoms with E-state index < -0.39 is 11.8 Å². The van der Waals surface area contributed by atoms with Crippen molar-refractivity contribution in [2.24, 2.45) is 0 Å². The predicted molar refractivity (Wildman–Crippen MR) is 84.4 cm³/mol. The number of halogens is 3. The molecule has 0 aliphatic rings. The molecule has 0 aliphatic heterocycles. The number of hydrogen-bond acceptors (Lipinski definition) is 1. The molecular formula is C16H10Cl2FNO2. The van der Waals surface area contributed by atoms with Crippen LogP contribution in [0, 0.1) is 5.82 Å². The topological polar surface area (TPSA) is 42.2 Å². The lowest BCUT2D eigenvalue weighted by Gasteiger charge is -2.09. The van der Waals surface area contributed by atoms with Crippen LogP contribution in [0.2, 0.25) is 10.0 Å². The fourth-order valence-electron chi connectivity index (χ4n) is 2.43. The van der Waals surface area contributed by atoms with Crippen LogP contribution in [0.15, 0.2) is 42.6 Å². The highest BCUT2D eigenvalue weighted by Crippen LogP contribution is 2.31. The Hall–Kier alpha value is -2.04. The number of carbonyl (C=O) groups is 1. The van der Waals surface area contributed by atoms with Crippen LogP contribution >= 0.6 is 23.2 Å². The van der Waals surface area contributed by atoms with Crippen LogP contribution in [0.3, 0.4) is 0 Å². The number of aromatic carboxylic acids is 1. The lowest BCUT2D eigenvalue weighted by Crippen LogP contribution is -2.06. The maximum absolute atomic E-state index is 14.2. The van der Waals surface area contributed by atoms with Gasteiger partial charge in [0.2, 0.25) is 0 Å². The van der Waals surface area contributed by atoms with E-state index >= 15 is 0 Å². The molecule has 0 saturated carbocycles. The van der Waals surface area contributed by atoms with Crippen LogP contribution in [-0.2, 0) is 6.54 Å². The van der Waals surface area contributed by atoms with Crippen molar-refractivity contribution >= 4 is 40.1 Å². The number of aromatic nitrogens is 1. The van der Waals surface area contributed by atoms with E-state index in [2.05, 4.69) is 0 Å². The second-order valence-electron chi connectivity index (χ2n) is 4.82. The number of hydrogen-bond donors (Lipinski definition) is 1. The van der Waals surface area contributed by atoms with Crippen molar-refractivity contribution in [3.05, 3.63) is 69.6 Å². The van der Waals surface area contributed by atoms with Crippen LogP contribution in [0.4, 0.5) is 4.39 Å². The number of fused-ring (bicyclic) bond motifs is 1. The van der Waals surface area contributed by atoms with Crippen LogP contribution in [0.5, 0.6) is 0 Å². The van der Waals surface area contributed by atoms with E-state index in [-0.39, 0.29) is 17.7 Å². The molecular weight excluding hydrogens is 328 g/mol. The molecule has 3 rings (SSSR count). The van der Waals surface area contributed by atoms with Gasteiger partial charge in [0.25, 0.3) is 0 Å². The van der Waals surface area contributed by atoms with E-state index in [9.17, 15) is 9.18 Å². The minimum absolute atomic E-state index is 0.163. The second-order valence-corrected chi connectivity index (χ2v) is 5.63. The van der Waals surface area contributed by atoms with Gasteiger partial charge >= 0.3 is 5.97 Å². The fourth-order valence-corrected chi connectivity index (χ4v) is 2.92. The fraction of sp³-hybridized carbons (Fsp3) is 0.0625. The summed E-state index contributed by atoms with van der Waals surface area (Å²) in [5, 5.41) is 10.8. The van der Waals surface area contributed by atoms with E-state index in [1.165, 1.54) is 12.1 Å². The van der Waals surface area contributed by atoms with Gasteiger partial charge in [-0.2, -0.15) is 0 Å². The first-order valence-corrected chi connectivity index (χ1v) is 7.18. The first-order valence-electron chi connectivity index (χ1n) is 6.42. The zero-order valence-corrected chi connectivity index (χ0v) is 12.7. The van der Waals surface area contributed by atoms with Gasteiger partial charge in [-0.15, -0.1) is 0 Å². The van der Waals surface area contributed by atoms with Gasteiger partial charge < -0.3 is 9.67 Å². The van der Waals surface area contributed by atoms with Gasteiger partial charge in [-0.25, -0.2) is 9.18 Å². The third-order valence-corrected chi connectivity index (χ3v) is 4.11. The highest BCUT2D eigenvalue weighted by Gasteiger charge is 2.15. The first-order chi connectivity index (χ1) is 10.5. The Morgan fingerprint density at radius 3 is 2.59 bits per heavy atom. The van der Waals surface area contributed by atoms with Crippen molar-refractivity contribution < 1.29 is 14.3 Å². The summed E-state index contributed by atoms with van der Waals surface area (Å²) < 4.78 is 16.0. The molecule has 0 bridgehead atoms. The summed E-state index contributed by atoms with van der Waals surface area (Å²) in [5.74, 6) is -2.03. The van der Waals surface area contributed by atoms with Crippen LogP contribution in [0.1, 0.15) is 15.9 Å². The van der Waals surface area contributed by atoms with Crippen molar-refractivity contribution in [2.45, 2.75) is 6.54 Å². The number of rotatable bonds is 3. The number of carboxylic acid groups (broad SMARTS) is 1. The molecule has 22 heavy (non-hydrogen) atoms. The molecule has 0 amide bonds. The van der Waals surface area contributed by atoms with Crippen LogP contribution < -0.4 is 0 Å². The van der Waals surface area contributed by atoms with Gasteiger partial charge in [-0.1, -0.05) is 35.3 Å².